The van der Waals surface area contributed by atoms with Gasteiger partial charge in [-0.2, -0.15) is 0 Å². The number of hydrogen-bond donors (Lipinski definition) is 1. The fourth-order valence-electron chi connectivity index (χ4n) is 1.52. The second kappa shape index (κ2) is 4.97. The Bertz CT molecular complexity index is 523. The number of rotatable bonds is 3. The largest absolute Gasteiger partial charge is 0.462 e. The summed E-state index contributed by atoms with van der Waals surface area (Å²) in [4.78, 5) is 15.8. The second-order valence-electron chi connectivity index (χ2n) is 3.35. The minimum atomic E-state index is -0.384. The number of aromatic nitrogens is 1. The number of anilines is 1. The molecule has 0 bridgehead atoms. The highest BCUT2D eigenvalue weighted by molar-refractivity contribution is 7.14. The third kappa shape index (κ3) is 2.29. The molecule has 0 unspecified atom stereocenters. The fraction of sp³-hybridized carbons (Fsp3) is 0.167. The molecule has 0 aliphatic carbocycles. The summed E-state index contributed by atoms with van der Waals surface area (Å²) in [6.07, 6.45) is 3.38. The summed E-state index contributed by atoms with van der Waals surface area (Å²) >= 11 is 1.33. The molecule has 0 aliphatic rings. The lowest BCUT2D eigenvalue weighted by atomic mass is 10.1. The normalized spacial score (nSPS) is 10.2. The number of nitrogens with zero attached hydrogens (tertiary/aromatic N) is 1. The average molecular weight is 248 g/mol. The van der Waals surface area contributed by atoms with Gasteiger partial charge < -0.3 is 10.5 Å². The van der Waals surface area contributed by atoms with Gasteiger partial charge in [-0.3, -0.25) is 4.98 Å². The molecule has 0 radical (unpaired) electrons. The maximum absolute atomic E-state index is 11.8. The Hall–Kier alpha value is -1.88. The Kier molecular flexibility index (Phi) is 3.39. The van der Waals surface area contributed by atoms with Crippen molar-refractivity contribution in [2.24, 2.45) is 0 Å². The molecule has 2 aromatic rings. The van der Waals surface area contributed by atoms with Crippen molar-refractivity contribution in [1.29, 1.82) is 0 Å². The molecule has 0 amide bonds. The first-order chi connectivity index (χ1) is 8.24. The van der Waals surface area contributed by atoms with Gasteiger partial charge >= 0.3 is 5.97 Å². The van der Waals surface area contributed by atoms with E-state index in [1.54, 1.807) is 19.3 Å². The van der Waals surface area contributed by atoms with Gasteiger partial charge in [-0.25, -0.2) is 4.79 Å². The molecule has 2 heterocycles. The Morgan fingerprint density at radius 2 is 2.41 bits per heavy atom. The van der Waals surface area contributed by atoms with Gasteiger partial charge in [0, 0.05) is 28.9 Å². The number of nitrogens with two attached hydrogens (primary N) is 1. The van der Waals surface area contributed by atoms with E-state index in [1.165, 1.54) is 11.3 Å². The quantitative estimate of drug-likeness (QED) is 0.848. The molecular formula is C12H12N2O2S. The third-order valence-electron chi connectivity index (χ3n) is 2.27. The summed E-state index contributed by atoms with van der Waals surface area (Å²) in [7, 11) is 0. The van der Waals surface area contributed by atoms with Crippen LogP contribution >= 0.6 is 11.3 Å². The number of carbonyl (C=O) groups excluding carboxylic acids is 1. The van der Waals surface area contributed by atoms with E-state index in [0.29, 0.717) is 17.2 Å². The monoisotopic (exact) mass is 248 g/mol. The summed E-state index contributed by atoms with van der Waals surface area (Å²) in [5.74, 6) is -0.384. The highest BCUT2D eigenvalue weighted by Gasteiger charge is 2.19. The molecule has 4 nitrogen and oxygen atoms in total. The van der Waals surface area contributed by atoms with Crippen molar-refractivity contribution in [2.75, 3.05) is 12.3 Å². The Balaban J connectivity index is 2.46. The predicted molar refractivity (Wildman–Crippen MR) is 67.9 cm³/mol. The van der Waals surface area contributed by atoms with Gasteiger partial charge in [0.15, 0.2) is 0 Å². The minimum Gasteiger partial charge on any atom is -0.462 e. The van der Waals surface area contributed by atoms with Crippen LogP contribution in [0.4, 0.5) is 5.00 Å². The van der Waals surface area contributed by atoms with Gasteiger partial charge in [0.2, 0.25) is 0 Å². The standard InChI is InChI=1S/C12H12N2O2S/c1-2-16-12(15)10-9(7-17-11(10)13)8-4-3-5-14-6-8/h3-7H,2,13H2,1H3. The zero-order valence-corrected chi connectivity index (χ0v) is 10.2. The first kappa shape index (κ1) is 11.6. The average Bonchev–Trinajstić information content (AvgIpc) is 2.73. The van der Waals surface area contributed by atoms with E-state index in [0.717, 1.165) is 11.1 Å². The molecule has 0 fully saturated rings. The van der Waals surface area contributed by atoms with Crippen LogP contribution in [0, 0.1) is 0 Å². The molecule has 88 valence electrons. The van der Waals surface area contributed by atoms with Crippen molar-refractivity contribution in [3.8, 4) is 11.1 Å². The van der Waals surface area contributed by atoms with E-state index in [1.807, 2.05) is 17.5 Å². The molecule has 2 rings (SSSR count). The molecule has 0 spiro atoms. The van der Waals surface area contributed by atoms with Crippen molar-refractivity contribution < 1.29 is 9.53 Å². The zero-order chi connectivity index (χ0) is 12.3. The van der Waals surface area contributed by atoms with Gasteiger partial charge in [0.25, 0.3) is 0 Å². The Morgan fingerprint density at radius 1 is 1.59 bits per heavy atom. The zero-order valence-electron chi connectivity index (χ0n) is 9.34. The smallest absolute Gasteiger partial charge is 0.341 e. The molecule has 0 aliphatic heterocycles. The lowest BCUT2D eigenvalue weighted by Crippen LogP contribution is -2.07. The van der Waals surface area contributed by atoms with Crippen LogP contribution in [0.3, 0.4) is 0 Å². The number of hydrogen-bond acceptors (Lipinski definition) is 5. The van der Waals surface area contributed by atoms with Crippen molar-refractivity contribution in [3.05, 3.63) is 35.5 Å². The molecule has 0 saturated carbocycles. The summed E-state index contributed by atoms with van der Waals surface area (Å²) in [5, 5.41) is 2.32. The maximum atomic E-state index is 11.8. The van der Waals surface area contributed by atoms with Gasteiger partial charge in [-0.1, -0.05) is 6.07 Å². The van der Waals surface area contributed by atoms with Crippen LogP contribution in [0.2, 0.25) is 0 Å². The highest BCUT2D eigenvalue weighted by Crippen LogP contribution is 2.33. The molecule has 5 heteroatoms. The predicted octanol–water partition coefficient (Wildman–Crippen LogP) is 2.57. The number of esters is 1. The molecule has 0 atom stereocenters. The summed E-state index contributed by atoms with van der Waals surface area (Å²) in [6.45, 7) is 2.10. The number of ether oxygens (including phenoxy) is 1. The number of carbonyl (C=O) groups is 1. The van der Waals surface area contributed by atoms with Crippen LogP contribution in [0.5, 0.6) is 0 Å². The SMILES string of the molecule is CCOC(=O)c1c(-c2cccnc2)csc1N. The second-order valence-corrected chi connectivity index (χ2v) is 4.26. The van der Waals surface area contributed by atoms with Gasteiger partial charge in [0.05, 0.1) is 6.61 Å². The van der Waals surface area contributed by atoms with Crippen molar-refractivity contribution in [2.45, 2.75) is 6.92 Å². The Morgan fingerprint density at radius 3 is 3.06 bits per heavy atom. The molecular weight excluding hydrogens is 236 g/mol. The van der Waals surface area contributed by atoms with Crippen molar-refractivity contribution in [1.82, 2.24) is 4.98 Å². The minimum absolute atomic E-state index is 0.334. The summed E-state index contributed by atoms with van der Waals surface area (Å²) in [5.41, 5.74) is 7.88. The van der Waals surface area contributed by atoms with Gasteiger partial charge in [-0.15, -0.1) is 11.3 Å². The number of nitrogen functional groups attached to an aromatic ring is 1. The van der Waals surface area contributed by atoms with E-state index in [9.17, 15) is 4.79 Å². The van der Waals surface area contributed by atoms with E-state index >= 15 is 0 Å². The maximum Gasteiger partial charge on any atom is 0.341 e. The number of thiophene rings is 1. The van der Waals surface area contributed by atoms with Crippen LogP contribution in [0.1, 0.15) is 17.3 Å². The first-order valence-corrected chi connectivity index (χ1v) is 6.06. The van der Waals surface area contributed by atoms with Crippen LogP contribution < -0.4 is 5.73 Å². The molecule has 2 aromatic heterocycles. The van der Waals surface area contributed by atoms with E-state index in [4.69, 9.17) is 10.5 Å². The van der Waals surface area contributed by atoms with Crippen molar-refractivity contribution in [3.63, 3.8) is 0 Å². The summed E-state index contributed by atoms with van der Waals surface area (Å²) in [6, 6.07) is 3.70. The topological polar surface area (TPSA) is 65.2 Å². The molecule has 0 aromatic carbocycles. The lowest BCUT2D eigenvalue weighted by Gasteiger charge is -2.04. The van der Waals surface area contributed by atoms with E-state index < -0.39 is 0 Å². The fourth-order valence-corrected chi connectivity index (χ4v) is 2.33. The third-order valence-corrected chi connectivity index (χ3v) is 3.08. The van der Waals surface area contributed by atoms with Crippen LogP contribution in [-0.4, -0.2) is 17.6 Å². The van der Waals surface area contributed by atoms with E-state index in [2.05, 4.69) is 4.98 Å². The van der Waals surface area contributed by atoms with Gasteiger partial charge in [0.1, 0.15) is 10.6 Å². The van der Waals surface area contributed by atoms with Crippen LogP contribution in [0.15, 0.2) is 29.9 Å². The lowest BCUT2D eigenvalue weighted by molar-refractivity contribution is 0.0529. The first-order valence-electron chi connectivity index (χ1n) is 5.18. The van der Waals surface area contributed by atoms with Gasteiger partial charge in [-0.05, 0) is 13.0 Å². The van der Waals surface area contributed by atoms with Crippen LogP contribution in [-0.2, 0) is 4.74 Å². The van der Waals surface area contributed by atoms with E-state index in [-0.39, 0.29) is 5.97 Å². The van der Waals surface area contributed by atoms with Crippen LogP contribution in [0.25, 0.3) is 11.1 Å². The molecule has 17 heavy (non-hydrogen) atoms. The highest BCUT2D eigenvalue weighted by atomic mass is 32.1. The molecule has 2 N–H and O–H groups in total. The molecule has 0 saturated heterocycles. The Labute approximate surface area is 103 Å². The number of pyridine rings is 1. The summed E-state index contributed by atoms with van der Waals surface area (Å²) < 4.78 is 5.00. The van der Waals surface area contributed by atoms with Crippen molar-refractivity contribution >= 4 is 22.3 Å².